The van der Waals surface area contributed by atoms with E-state index in [2.05, 4.69) is 20.3 Å². The SMILES string of the molecule is CCOCCCCOc1nc(N)nc2ccc(NC(=O)c3ccccc3)nc12. The number of aromatic nitrogens is 3. The molecule has 2 heterocycles. The van der Waals surface area contributed by atoms with E-state index in [1.54, 1.807) is 36.4 Å². The number of pyridine rings is 1. The van der Waals surface area contributed by atoms with Crippen LogP contribution in [0.2, 0.25) is 0 Å². The van der Waals surface area contributed by atoms with Crippen molar-refractivity contribution in [2.24, 2.45) is 0 Å². The van der Waals surface area contributed by atoms with E-state index in [4.69, 9.17) is 15.2 Å². The quantitative estimate of drug-likeness (QED) is 0.548. The maximum absolute atomic E-state index is 12.3. The van der Waals surface area contributed by atoms with E-state index in [0.29, 0.717) is 48.1 Å². The summed E-state index contributed by atoms with van der Waals surface area (Å²) < 4.78 is 11.1. The molecule has 1 aromatic carbocycles. The number of hydrogen-bond donors (Lipinski definition) is 2. The average Bonchev–Trinajstić information content (AvgIpc) is 2.71. The number of hydrogen-bond acceptors (Lipinski definition) is 7. The minimum atomic E-state index is -0.248. The number of amides is 1. The molecule has 0 fully saturated rings. The number of anilines is 2. The summed E-state index contributed by atoms with van der Waals surface area (Å²) in [5, 5.41) is 2.77. The molecule has 3 aromatic rings. The molecule has 28 heavy (non-hydrogen) atoms. The minimum Gasteiger partial charge on any atom is -0.476 e. The molecule has 3 N–H and O–H groups in total. The van der Waals surface area contributed by atoms with Crippen LogP contribution in [-0.2, 0) is 4.74 Å². The van der Waals surface area contributed by atoms with Gasteiger partial charge in [-0.25, -0.2) is 9.97 Å². The van der Waals surface area contributed by atoms with Gasteiger partial charge in [-0.1, -0.05) is 18.2 Å². The van der Waals surface area contributed by atoms with Crippen LogP contribution in [-0.4, -0.2) is 40.7 Å². The first kappa shape index (κ1) is 19.5. The van der Waals surface area contributed by atoms with E-state index in [1.807, 2.05) is 13.0 Å². The van der Waals surface area contributed by atoms with Gasteiger partial charge in [-0.2, -0.15) is 4.98 Å². The average molecular weight is 381 g/mol. The molecule has 8 nitrogen and oxygen atoms in total. The first-order chi connectivity index (χ1) is 13.7. The van der Waals surface area contributed by atoms with Crippen LogP contribution in [0.5, 0.6) is 5.88 Å². The van der Waals surface area contributed by atoms with Gasteiger partial charge in [-0.3, -0.25) is 4.79 Å². The first-order valence-electron chi connectivity index (χ1n) is 9.18. The smallest absolute Gasteiger partial charge is 0.256 e. The monoisotopic (exact) mass is 381 g/mol. The van der Waals surface area contributed by atoms with Crippen molar-refractivity contribution in [3.05, 3.63) is 48.0 Å². The zero-order valence-electron chi connectivity index (χ0n) is 15.7. The highest BCUT2D eigenvalue weighted by Gasteiger charge is 2.12. The van der Waals surface area contributed by atoms with Crippen molar-refractivity contribution in [3.8, 4) is 5.88 Å². The summed E-state index contributed by atoms with van der Waals surface area (Å²) in [5.74, 6) is 0.549. The lowest BCUT2D eigenvalue weighted by Crippen LogP contribution is -2.13. The summed E-state index contributed by atoms with van der Waals surface area (Å²) in [6.07, 6.45) is 1.70. The van der Waals surface area contributed by atoms with Gasteiger partial charge < -0.3 is 20.5 Å². The molecule has 0 aliphatic heterocycles. The normalized spacial score (nSPS) is 10.8. The van der Waals surface area contributed by atoms with Crippen LogP contribution in [0.3, 0.4) is 0 Å². The van der Waals surface area contributed by atoms with Gasteiger partial charge in [0.2, 0.25) is 11.8 Å². The van der Waals surface area contributed by atoms with Gasteiger partial charge in [0.15, 0.2) is 5.52 Å². The van der Waals surface area contributed by atoms with Crippen LogP contribution in [0.15, 0.2) is 42.5 Å². The Balaban J connectivity index is 1.74. The first-order valence-corrected chi connectivity index (χ1v) is 9.18. The molecule has 0 unspecified atom stereocenters. The standard InChI is InChI=1S/C20H23N5O3/c1-2-27-12-6-7-13-28-19-17-15(22-20(21)25-19)10-11-16(23-17)24-18(26)14-8-4-3-5-9-14/h3-5,8-11H,2,6-7,12-13H2,1H3,(H2,21,22,25)(H,23,24,26). The summed E-state index contributed by atoms with van der Waals surface area (Å²) >= 11 is 0. The lowest BCUT2D eigenvalue weighted by atomic mass is 10.2. The van der Waals surface area contributed by atoms with Crippen LogP contribution >= 0.6 is 0 Å². The van der Waals surface area contributed by atoms with Crippen LogP contribution < -0.4 is 15.8 Å². The fourth-order valence-electron chi connectivity index (χ4n) is 2.57. The number of nitrogens with zero attached hydrogens (tertiary/aromatic N) is 3. The summed E-state index contributed by atoms with van der Waals surface area (Å²) in [7, 11) is 0. The minimum absolute atomic E-state index is 0.111. The number of rotatable bonds is 9. The number of benzene rings is 1. The van der Waals surface area contributed by atoms with Gasteiger partial charge in [0.1, 0.15) is 5.82 Å². The molecule has 3 rings (SSSR count). The fourth-order valence-corrected chi connectivity index (χ4v) is 2.57. The molecule has 146 valence electrons. The molecule has 1 amide bonds. The van der Waals surface area contributed by atoms with E-state index >= 15 is 0 Å². The summed E-state index contributed by atoms with van der Waals surface area (Å²) in [4.78, 5) is 25.1. The number of nitrogens with one attached hydrogen (secondary N) is 1. The molecular weight excluding hydrogens is 358 g/mol. The largest absolute Gasteiger partial charge is 0.476 e. The molecule has 0 aliphatic rings. The van der Waals surface area contributed by atoms with Gasteiger partial charge in [0.25, 0.3) is 5.91 Å². The number of unbranched alkanes of at least 4 members (excludes halogenated alkanes) is 1. The third-order valence-electron chi connectivity index (χ3n) is 3.93. The topological polar surface area (TPSA) is 112 Å². The van der Waals surface area contributed by atoms with Crippen molar-refractivity contribution in [2.45, 2.75) is 19.8 Å². The number of ether oxygens (including phenoxy) is 2. The molecule has 8 heteroatoms. The van der Waals surface area contributed by atoms with Crippen molar-refractivity contribution >= 4 is 28.7 Å². The fraction of sp³-hybridized carbons (Fsp3) is 0.300. The second-order valence-corrected chi connectivity index (χ2v) is 6.02. The Hall–Kier alpha value is -3.26. The molecular formula is C20H23N5O3. The van der Waals surface area contributed by atoms with Crippen molar-refractivity contribution in [1.82, 2.24) is 15.0 Å². The van der Waals surface area contributed by atoms with Gasteiger partial charge in [0.05, 0.1) is 12.1 Å². The Morgan fingerprint density at radius 1 is 1.04 bits per heavy atom. The van der Waals surface area contributed by atoms with Gasteiger partial charge in [-0.05, 0) is 44.0 Å². The molecule has 0 saturated carbocycles. The highest BCUT2D eigenvalue weighted by molar-refractivity contribution is 6.04. The van der Waals surface area contributed by atoms with Gasteiger partial charge in [-0.15, -0.1) is 0 Å². The zero-order chi connectivity index (χ0) is 19.8. The van der Waals surface area contributed by atoms with E-state index in [0.717, 1.165) is 12.8 Å². The predicted molar refractivity (Wildman–Crippen MR) is 107 cm³/mol. The predicted octanol–water partition coefficient (Wildman–Crippen LogP) is 3.05. The second-order valence-electron chi connectivity index (χ2n) is 6.02. The number of carbonyl (C=O) groups is 1. The number of nitrogen functional groups attached to an aromatic ring is 1. The van der Waals surface area contributed by atoms with Crippen LogP contribution in [0.4, 0.5) is 11.8 Å². The molecule has 0 atom stereocenters. The van der Waals surface area contributed by atoms with Crippen LogP contribution in [0.25, 0.3) is 11.0 Å². The summed E-state index contributed by atoms with van der Waals surface area (Å²) in [6, 6.07) is 12.3. The van der Waals surface area contributed by atoms with E-state index in [-0.39, 0.29) is 11.9 Å². The van der Waals surface area contributed by atoms with E-state index in [1.165, 1.54) is 0 Å². The Morgan fingerprint density at radius 2 is 1.82 bits per heavy atom. The lowest BCUT2D eigenvalue weighted by Gasteiger charge is -2.10. The molecule has 0 spiro atoms. The van der Waals surface area contributed by atoms with Gasteiger partial charge >= 0.3 is 0 Å². The van der Waals surface area contributed by atoms with Crippen LogP contribution in [0.1, 0.15) is 30.1 Å². The van der Waals surface area contributed by atoms with Gasteiger partial charge in [0, 0.05) is 18.8 Å². The number of nitrogens with two attached hydrogens (primary N) is 1. The lowest BCUT2D eigenvalue weighted by molar-refractivity contribution is 0.102. The van der Waals surface area contributed by atoms with Crippen molar-refractivity contribution in [2.75, 3.05) is 30.9 Å². The summed E-state index contributed by atoms with van der Waals surface area (Å²) in [6.45, 7) is 3.82. The number of carbonyl (C=O) groups excluding carboxylic acids is 1. The Bertz CT molecular complexity index is 934. The number of fused-ring (bicyclic) bond motifs is 1. The van der Waals surface area contributed by atoms with E-state index < -0.39 is 0 Å². The molecule has 2 aromatic heterocycles. The third kappa shape index (κ3) is 5.14. The Morgan fingerprint density at radius 3 is 2.61 bits per heavy atom. The third-order valence-corrected chi connectivity index (χ3v) is 3.93. The molecule has 0 saturated heterocycles. The Labute approximate surface area is 163 Å². The second kappa shape index (κ2) is 9.61. The van der Waals surface area contributed by atoms with Crippen molar-refractivity contribution in [3.63, 3.8) is 0 Å². The zero-order valence-corrected chi connectivity index (χ0v) is 15.7. The molecule has 0 bridgehead atoms. The maximum Gasteiger partial charge on any atom is 0.256 e. The van der Waals surface area contributed by atoms with E-state index in [9.17, 15) is 4.79 Å². The molecule has 0 radical (unpaired) electrons. The Kier molecular flexibility index (Phi) is 6.69. The molecule has 0 aliphatic carbocycles. The highest BCUT2D eigenvalue weighted by atomic mass is 16.5. The summed E-state index contributed by atoms with van der Waals surface area (Å²) in [5.41, 5.74) is 7.31. The maximum atomic E-state index is 12.3. The van der Waals surface area contributed by atoms with Crippen molar-refractivity contribution < 1.29 is 14.3 Å². The van der Waals surface area contributed by atoms with Crippen LogP contribution in [0, 0.1) is 0 Å². The van der Waals surface area contributed by atoms with Crippen molar-refractivity contribution in [1.29, 1.82) is 0 Å². The highest BCUT2D eigenvalue weighted by Crippen LogP contribution is 2.23.